The molecule has 1 rings (SSSR count). The summed E-state index contributed by atoms with van der Waals surface area (Å²) in [5, 5.41) is 10.6. The molecule has 0 fully saturated rings. The van der Waals surface area contributed by atoms with Gasteiger partial charge in [0.05, 0.1) is 6.61 Å². The third kappa shape index (κ3) is 3.44. The number of rotatable bonds is 5. The lowest BCUT2D eigenvalue weighted by Gasteiger charge is -2.25. The second-order valence-corrected chi connectivity index (χ2v) is 4.43. The minimum atomic E-state index is -1.60. The van der Waals surface area contributed by atoms with Crippen molar-refractivity contribution in [2.24, 2.45) is 0 Å². The molecule has 0 aromatic heterocycles. The molecule has 0 saturated carbocycles. The average Bonchev–Trinajstić information content (AvgIpc) is 2.37. The monoisotopic (exact) mass is 248 g/mol. The lowest BCUT2D eigenvalue weighted by molar-refractivity contribution is -0.166. The van der Waals surface area contributed by atoms with E-state index in [0.717, 1.165) is 5.57 Å². The molecule has 1 unspecified atom stereocenters. The van der Waals surface area contributed by atoms with E-state index in [1.54, 1.807) is 31.2 Å². The number of allylic oxidation sites excluding steroid dienone is 1. The summed E-state index contributed by atoms with van der Waals surface area (Å²) in [5.41, 5.74) is 0.00348. The fourth-order valence-electron chi connectivity index (χ4n) is 1.64. The Morgan fingerprint density at radius 3 is 2.44 bits per heavy atom. The predicted molar refractivity (Wildman–Crippen MR) is 71.0 cm³/mol. The van der Waals surface area contributed by atoms with E-state index in [1.165, 1.54) is 0 Å². The summed E-state index contributed by atoms with van der Waals surface area (Å²) in [7, 11) is 0. The Kier molecular flexibility index (Phi) is 5.10. The largest absolute Gasteiger partial charge is 0.464 e. The van der Waals surface area contributed by atoms with Crippen LogP contribution in [0.25, 0.3) is 0 Å². The summed E-state index contributed by atoms with van der Waals surface area (Å²) in [5.74, 6) is -0.603. The molecule has 0 aliphatic rings. The van der Waals surface area contributed by atoms with Crippen molar-refractivity contribution in [1.82, 2.24) is 0 Å². The van der Waals surface area contributed by atoms with Crippen LogP contribution in [-0.4, -0.2) is 17.7 Å². The number of ether oxygens (including phenoxy) is 1. The highest BCUT2D eigenvalue weighted by Crippen LogP contribution is 2.27. The van der Waals surface area contributed by atoms with E-state index < -0.39 is 11.6 Å². The van der Waals surface area contributed by atoms with Gasteiger partial charge >= 0.3 is 5.97 Å². The molecular formula is C15H20O3. The average molecular weight is 248 g/mol. The van der Waals surface area contributed by atoms with Gasteiger partial charge in [-0.1, -0.05) is 42.0 Å². The van der Waals surface area contributed by atoms with Gasteiger partial charge in [0, 0.05) is 6.42 Å². The molecule has 0 heterocycles. The van der Waals surface area contributed by atoms with Gasteiger partial charge < -0.3 is 9.84 Å². The van der Waals surface area contributed by atoms with E-state index in [2.05, 4.69) is 0 Å². The van der Waals surface area contributed by atoms with E-state index in [0.29, 0.717) is 5.56 Å². The van der Waals surface area contributed by atoms with Crippen molar-refractivity contribution in [1.29, 1.82) is 0 Å². The van der Waals surface area contributed by atoms with Crippen LogP contribution in [0.1, 0.15) is 32.8 Å². The minimum absolute atomic E-state index is 0.220. The maximum atomic E-state index is 12.0. The van der Waals surface area contributed by atoms with E-state index >= 15 is 0 Å². The Balaban J connectivity index is 3.09. The molecule has 1 atom stereocenters. The van der Waals surface area contributed by atoms with Crippen LogP contribution in [0.2, 0.25) is 0 Å². The van der Waals surface area contributed by atoms with Crippen LogP contribution in [0.4, 0.5) is 0 Å². The molecule has 3 nitrogen and oxygen atoms in total. The number of carbonyl (C=O) groups is 1. The van der Waals surface area contributed by atoms with Gasteiger partial charge in [-0.25, -0.2) is 4.79 Å². The fraction of sp³-hybridized carbons (Fsp3) is 0.400. The van der Waals surface area contributed by atoms with Crippen molar-refractivity contribution in [3.8, 4) is 0 Å². The van der Waals surface area contributed by atoms with Crippen LogP contribution in [0.3, 0.4) is 0 Å². The van der Waals surface area contributed by atoms with Crippen LogP contribution < -0.4 is 0 Å². The summed E-state index contributed by atoms with van der Waals surface area (Å²) < 4.78 is 4.98. The number of esters is 1. The van der Waals surface area contributed by atoms with E-state index in [-0.39, 0.29) is 13.0 Å². The second-order valence-electron chi connectivity index (χ2n) is 4.43. The lowest BCUT2D eigenvalue weighted by atomic mass is 9.90. The van der Waals surface area contributed by atoms with Crippen LogP contribution in [0.5, 0.6) is 0 Å². The van der Waals surface area contributed by atoms with Crippen molar-refractivity contribution in [3.63, 3.8) is 0 Å². The van der Waals surface area contributed by atoms with Crippen LogP contribution in [0, 0.1) is 0 Å². The van der Waals surface area contributed by atoms with E-state index in [4.69, 9.17) is 4.74 Å². The summed E-state index contributed by atoms with van der Waals surface area (Å²) in [4.78, 5) is 12.0. The Morgan fingerprint density at radius 1 is 1.33 bits per heavy atom. The first-order valence-electron chi connectivity index (χ1n) is 6.09. The molecule has 0 radical (unpaired) electrons. The second kappa shape index (κ2) is 6.36. The molecule has 1 N–H and O–H groups in total. The maximum absolute atomic E-state index is 12.0. The quantitative estimate of drug-likeness (QED) is 0.644. The zero-order valence-corrected chi connectivity index (χ0v) is 11.1. The Hall–Kier alpha value is -1.61. The maximum Gasteiger partial charge on any atom is 0.343 e. The van der Waals surface area contributed by atoms with Crippen molar-refractivity contribution < 1.29 is 14.6 Å². The first-order chi connectivity index (χ1) is 8.50. The first kappa shape index (κ1) is 14.5. The topological polar surface area (TPSA) is 46.5 Å². The standard InChI is InChI=1S/C15H20O3/c1-4-18-14(16)15(17,11-10-12(2)3)13-8-6-5-7-9-13/h5-10,17H,4,11H2,1-3H3. The van der Waals surface area contributed by atoms with Gasteiger partial charge in [0.2, 0.25) is 0 Å². The third-order valence-electron chi connectivity index (χ3n) is 2.67. The highest BCUT2D eigenvalue weighted by atomic mass is 16.5. The van der Waals surface area contributed by atoms with Gasteiger partial charge in [-0.15, -0.1) is 0 Å². The van der Waals surface area contributed by atoms with E-state index in [1.807, 2.05) is 26.0 Å². The summed E-state index contributed by atoms with van der Waals surface area (Å²) in [6.07, 6.45) is 2.06. The third-order valence-corrected chi connectivity index (χ3v) is 2.67. The van der Waals surface area contributed by atoms with Crippen molar-refractivity contribution >= 4 is 5.97 Å². The van der Waals surface area contributed by atoms with Crippen molar-refractivity contribution in [2.45, 2.75) is 32.8 Å². The number of hydrogen-bond acceptors (Lipinski definition) is 3. The molecule has 98 valence electrons. The highest BCUT2D eigenvalue weighted by Gasteiger charge is 2.38. The van der Waals surface area contributed by atoms with Gasteiger partial charge in [-0.3, -0.25) is 0 Å². The number of hydrogen-bond donors (Lipinski definition) is 1. The first-order valence-corrected chi connectivity index (χ1v) is 6.09. The molecule has 1 aromatic carbocycles. The zero-order chi connectivity index (χ0) is 13.6. The molecule has 0 bridgehead atoms. The SMILES string of the molecule is CCOC(=O)C(O)(CC=C(C)C)c1ccccc1. The summed E-state index contributed by atoms with van der Waals surface area (Å²) in [6.45, 7) is 5.83. The number of aliphatic hydroxyl groups is 1. The van der Waals surface area contributed by atoms with Crippen LogP contribution >= 0.6 is 0 Å². The molecule has 0 spiro atoms. The van der Waals surface area contributed by atoms with Gasteiger partial charge in [0.1, 0.15) is 0 Å². The molecule has 0 aliphatic heterocycles. The summed E-state index contributed by atoms with van der Waals surface area (Å²) >= 11 is 0. The molecule has 3 heteroatoms. The number of benzene rings is 1. The molecular weight excluding hydrogens is 228 g/mol. The van der Waals surface area contributed by atoms with Crippen LogP contribution in [-0.2, 0) is 15.1 Å². The van der Waals surface area contributed by atoms with Crippen molar-refractivity contribution in [3.05, 3.63) is 47.5 Å². The van der Waals surface area contributed by atoms with Crippen LogP contribution in [0.15, 0.2) is 42.0 Å². The minimum Gasteiger partial charge on any atom is -0.464 e. The Morgan fingerprint density at radius 2 is 1.94 bits per heavy atom. The van der Waals surface area contributed by atoms with Gasteiger partial charge in [-0.2, -0.15) is 0 Å². The summed E-state index contributed by atoms with van der Waals surface area (Å²) in [6, 6.07) is 8.89. The predicted octanol–water partition coefficient (Wildman–Crippen LogP) is 2.79. The number of carbonyl (C=O) groups excluding carboxylic acids is 1. The van der Waals surface area contributed by atoms with Gasteiger partial charge in [-0.05, 0) is 26.3 Å². The Bertz CT molecular complexity index is 419. The molecule has 0 amide bonds. The van der Waals surface area contributed by atoms with Gasteiger partial charge in [0.25, 0.3) is 0 Å². The smallest absolute Gasteiger partial charge is 0.343 e. The zero-order valence-electron chi connectivity index (χ0n) is 11.1. The van der Waals surface area contributed by atoms with Gasteiger partial charge in [0.15, 0.2) is 5.60 Å². The molecule has 18 heavy (non-hydrogen) atoms. The fourth-order valence-corrected chi connectivity index (χ4v) is 1.64. The lowest BCUT2D eigenvalue weighted by Crippen LogP contribution is -2.37. The van der Waals surface area contributed by atoms with E-state index in [9.17, 15) is 9.90 Å². The molecule has 0 aliphatic carbocycles. The highest BCUT2D eigenvalue weighted by molar-refractivity contribution is 5.81. The molecule has 0 saturated heterocycles. The normalized spacial score (nSPS) is 13.6. The Labute approximate surface area is 108 Å². The van der Waals surface area contributed by atoms with Crippen molar-refractivity contribution in [2.75, 3.05) is 6.61 Å². The molecule has 1 aromatic rings.